The van der Waals surface area contributed by atoms with E-state index in [1.807, 2.05) is 48.5 Å². The van der Waals surface area contributed by atoms with E-state index in [-0.39, 0.29) is 23.4 Å². The topological polar surface area (TPSA) is 59.3 Å². The van der Waals surface area contributed by atoms with Crippen molar-refractivity contribution < 1.29 is 14.0 Å². The predicted octanol–water partition coefficient (Wildman–Crippen LogP) is 5.77. The first-order valence-electron chi connectivity index (χ1n) is 11.6. The highest BCUT2D eigenvalue weighted by Crippen LogP contribution is 2.49. The number of benzene rings is 2. The van der Waals surface area contributed by atoms with E-state index in [2.05, 4.69) is 29.6 Å². The third-order valence-electron chi connectivity index (χ3n) is 7.26. The normalized spacial score (nSPS) is 24.9. The Hall–Kier alpha value is -3.66. The number of Topliss-reactive ketones (excluding diaryl/α,β-unsaturated/α-hetero) is 2. The minimum absolute atomic E-state index is 0.100. The van der Waals surface area contributed by atoms with E-state index < -0.39 is 5.92 Å². The maximum absolute atomic E-state index is 13.5. The molecule has 2 atom stereocenters. The molecular formula is C29H25NO3. The average Bonchev–Trinajstić information content (AvgIpc) is 3.38. The summed E-state index contributed by atoms with van der Waals surface area (Å²) < 4.78 is 5.79. The first-order valence-corrected chi connectivity index (χ1v) is 11.6. The molecule has 3 aromatic rings. The third kappa shape index (κ3) is 3.46. The van der Waals surface area contributed by atoms with Crippen LogP contribution in [0.3, 0.4) is 0 Å². The summed E-state index contributed by atoms with van der Waals surface area (Å²) >= 11 is 0. The molecule has 2 aromatic carbocycles. The molecule has 1 aliphatic heterocycles. The molecule has 164 valence electrons. The van der Waals surface area contributed by atoms with Crippen LogP contribution in [0.15, 0.2) is 106 Å². The van der Waals surface area contributed by atoms with Gasteiger partial charge in [-0.2, -0.15) is 0 Å². The lowest BCUT2D eigenvalue weighted by Crippen LogP contribution is -2.38. The van der Waals surface area contributed by atoms with E-state index in [4.69, 9.17) is 4.42 Å². The van der Waals surface area contributed by atoms with Crippen molar-refractivity contribution in [3.63, 3.8) is 0 Å². The van der Waals surface area contributed by atoms with Crippen LogP contribution in [-0.2, 0) is 9.59 Å². The molecule has 1 N–H and O–H groups in total. The molecule has 1 aromatic heterocycles. The number of hydrogen-bond donors (Lipinski definition) is 1. The van der Waals surface area contributed by atoms with Crippen LogP contribution in [-0.4, -0.2) is 11.6 Å². The van der Waals surface area contributed by atoms with Crippen LogP contribution >= 0.6 is 0 Å². The fourth-order valence-corrected chi connectivity index (χ4v) is 5.76. The van der Waals surface area contributed by atoms with Crippen LogP contribution in [0.2, 0.25) is 0 Å². The molecule has 0 amide bonds. The molecule has 2 heterocycles. The van der Waals surface area contributed by atoms with Crippen LogP contribution in [0.25, 0.3) is 0 Å². The van der Waals surface area contributed by atoms with Gasteiger partial charge in [-0.3, -0.25) is 9.59 Å². The van der Waals surface area contributed by atoms with Crippen molar-refractivity contribution in [1.29, 1.82) is 0 Å². The van der Waals surface area contributed by atoms with Crippen molar-refractivity contribution in [1.82, 2.24) is 5.32 Å². The molecule has 6 rings (SSSR count). The van der Waals surface area contributed by atoms with E-state index in [9.17, 15) is 9.59 Å². The number of allylic oxidation sites excluding steroid dienone is 4. The lowest BCUT2D eigenvalue weighted by atomic mass is 9.68. The first-order chi connectivity index (χ1) is 16.2. The fraction of sp³-hybridized carbons (Fsp3) is 0.241. The third-order valence-corrected chi connectivity index (χ3v) is 7.26. The molecule has 0 spiro atoms. The smallest absolute Gasteiger partial charge is 0.162 e. The van der Waals surface area contributed by atoms with Gasteiger partial charge in [0.2, 0.25) is 0 Å². The van der Waals surface area contributed by atoms with Crippen LogP contribution < -0.4 is 5.32 Å². The number of nitrogens with one attached hydrogen (secondary N) is 1. The highest BCUT2D eigenvalue weighted by atomic mass is 16.3. The van der Waals surface area contributed by atoms with Gasteiger partial charge in [0, 0.05) is 35.4 Å². The molecule has 0 fully saturated rings. The Kier molecular flexibility index (Phi) is 4.87. The van der Waals surface area contributed by atoms with Gasteiger partial charge in [-0.1, -0.05) is 60.7 Å². The summed E-state index contributed by atoms with van der Waals surface area (Å²) in [6.07, 6.45) is 4.03. The minimum atomic E-state index is -0.417. The summed E-state index contributed by atoms with van der Waals surface area (Å²) in [5.74, 6) is 0.725. The average molecular weight is 436 g/mol. The van der Waals surface area contributed by atoms with Gasteiger partial charge in [0.05, 0.1) is 12.2 Å². The zero-order valence-corrected chi connectivity index (χ0v) is 18.3. The second kappa shape index (κ2) is 8.04. The molecule has 0 saturated carbocycles. The number of carbonyl (C=O) groups excluding carboxylic acids is 2. The van der Waals surface area contributed by atoms with Crippen molar-refractivity contribution in [2.45, 2.75) is 43.4 Å². The number of carbonyl (C=O) groups is 2. The van der Waals surface area contributed by atoms with Crippen molar-refractivity contribution in [3.05, 3.63) is 118 Å². The minimum Gasteiger partial charge on any atom is -0.468 e. The van der Waals surface area contributed by atoms with E-state index in [0.29, 0.717) is 29.7 Å². The van der Waals surface area contributed by atoms with E-state index in [1.165, 1.54) is 11.1 Å². The summed E-state index contributed by atoms with van der Waals surface area (Å²) in [5, 5.41) is 3.59. The second-order valence-electron chi connectivity index (χ2n) is 9.24. The summed E-state index contributed by atoms with van der Waals surface area (Å²) in [5.41, 5.74) is 5.67. The summed E-state index contributed by atoms with van der Waals surface area (Å²) in [6, 6.07) is 24.2. The number of rotatable bonds is 3. The van der Waals surface area contributed by atoms with Crippen molar-refractivity contribution >= 4 is 11.6 Å². The zero-order chi connectivity index (χ0) is 22.4. The molecular weight excluding hydrogens is 410 g/mol. The second-order valence-corrected chi connectivity index (χ2v) is 9.24. The number of furan rings is 1. The van der Waals surface area contributed by atoms with Crippen LogP contribution in [0, 0.1) is 0 Å². The lowest BCUT2D eigenvalue weighted by Gasteiger charge is -2.39. The summed E-state index contributed by atoms with van der Waals surface area (Å²) in [7, 11) is 0. The van der Waals surface area contributed by atoms with Crippen LogP contribution in [0.1, 0.15) is 60.3 Å². The fourth-order valence-electron chi connectivity index (χ4n) is 5.76. The molecule has 4 nitrogen and oxygen atoms in total. The van der Waals surface area contributed by atoms with Gasteiger partial charge in [0.1, 0.15) is 5.76 Å². The predicted molar refractivity (Wildman–Crippen MR) is 125 cm³/mol. The standard InChI is InChI=1S/C29H25NO3/c31-24-16-20(18-8-3-1-4-9-18)14-22-27(24)29(26-12-7-13-33-26)28-23(30-22)15-21(17-25(28)32)19-10-5-2-6-11-19/h1-13,20-21,29-30H,14-17H2. The number of hydrogen-bond acceptors (Lipinski definition) is 4. The van der Waals surface area contributed by atoms with Gasteiger partial charge in [-0.25, -0.2) is 0 Å². The Morgan fingerprint density at radius 1 is 0.636 bits per heavy atom. The highest BCUT2D eigenvalue weighted by Gasteiger charge is 2.44. The van der Waals surface area contributed by atoms with Crippen molar-refractivity contribution in [2.75, 3.05) is 0 Å². The van der Waals surface area contributed by atoms with Gasteiger partial charge >= 0.3 is 0 Å². The van der Waals surface area contributed by atoms with Gasteiger partial charge in [-0.05, 0) is 47.9 Å². The van der Waals surface area contributed by atoms with Crippen molar-refractivity contribution in [3.8, 4) is 0 Å². The Balaban J connectivity index is 1.42. The molecule has 0 radical (unpaired) electrons. The summed E-state index contributed by atoms with van der Waals surface area (Å²) in [4.78, 5) is 27.0. The molecule has 0 bridgehead atoms. The zero-order valence-electron chi connectivity index (χ0n) is 18.3. The van der Waals surface area contributed by atoms with Gasteiger partial charge in [0.25, 0.3) is 0 Å². The largest absolute Gasteiger partial charge is 0.468 e. The number of dihydropyridines is 1. The lowest BCUT2D eigenvalue weighted by molar-refractivity contribution is -0.117. The first kappa shape index (κ1) is 20.0. The van der Waals surface area contributed by atoms with E-state index >= 15 is 0 Å². The summed E-state index contributed by atoms with van der Waals surface area (Å²) in [6.45, 7) is 0. The molecule has 33 heavy (non-hydrogen) atoms. The maximum Gasteiger partial charge on any atom is 0.162 e. The Labute approximate surface area is 193 Å². The quantitative estimate of drug-likeness (QED) is 0.568. The molecule has 4 heteroatoms. The monoisotopic (exact) mass is 435 g/mol. The Morgan fingerprint density at radius 2 is 1.15 bits per heavy atom. The highest BCUT2D eigenvalue weighted by molar-refractivity contribution is 6.06. The van der Waals surface area contributed by atoms with Gasteiger partial charge in [0.15, 0.2) is 11.6 Å². The Morgan fingerprint density at radius 3 is 1.61 bits per heavy atom. The molecule has 3 aliphatic rings. The van der Waals surface area contributed by atoms with E-state index in [1.54, 1.807) is 6.26 Å². The van der Waals surface area contributed by atoms with Gasteiger partial charge in [-0.15, -0.1) is 0 Å². The van der Waals surface area contributed by atoms with Crippen LogP contribution in [0.4, 0.5) is 0 Å². The molecule has 0 saturated heterocycles. The van der Waals surface area contributed by atoms with Crippen molar-refractivity contribution in [2.24, 2.45) is 0 Å². The SMILES string of the molecule is O=C1CC(c2ccccc2)CC2=C1C(c1ccco1)C1=C(CC(c3ccccc3)CC1=O)N2. The Bertz CT molecular complexity index is 1190. The number of ketones is 2. The van der Waals surface area contributed by atoms with Crippen LogP contribution in [0.5, 0.6) is 0 Å². The van der Waals surface area contributed by atoms with E-state index in [0.717, 1.165) is 24.2 Å². The molecule has 2 aliphatic carbocycles. The molecule has 2 unspecified atom stereocenters. The maximum atomic E-state index is 13.5. The van der Waals surface area contributed by atoms with Gasteiger partial charge < -0.3 is 9.73 Å².